The van der Waals surface area contributed by atoms with E-state index in [9.17, 15) is 4.79 Å². The molecule has 0 saturated heterocycles. The largest absolute Gasteiger partial charge is 0.338 e. The molecule has 0 aliphatic heterocycles. The maximum Gasteiger partial charge on any atom is 0.315 e. The lowest BCUT2D eigenvalue weighted by Crippen LogP contribution is -2.37. The van der Waals surface area contributed by atoms with Crippen molar-refractivity contribution in [1.82, 2.24) is 15.6 Å². The number of rotatable bonds is 8. The number of carbonyl (C=O) groups excluding carboxylic acids is 1. The Labute approximate surface area is 139 Å². The van der Waals surface area contributed by atoms with Gasteiger partial charge in [-0.1, -0.05) is 53.9 Å². The summed E-state index contributed by atoms with van der Waals surface area (Å²) in [5.41, 5.74) is 1.14. The number of thiazole rings is 1. The van der Waals surface area contributed by atoms with Crippen molar-refractivity contribution in [3.8, 4) is 0 Å². The lowest BCUT2D eigenvalue weighted by Gasteiger charge is -2.15. The van der Waals surface area contributed by atoms with E-state index in [0.717, 1.165) is 23.7 Å². The molecule has 22 heavy (non-hydrogen) atoms. The van der Waals surface area contributed by atoms with Gasteiger partial charge in [-0.2, -0.15) is 0 Å². The number of hydrogen-bond acceptors (Lipinski definition) is 3. The fraction of sp³-hybridized carbons (Fsp3) is 0.765. The van der Waals surface area contributed by atoms with Crippen LogP contribution in [0.25, 0.3) is 0 Å². The third-order valence-electron chi connectivity index (χ3n) is 3.81. The molecule has 0 radical (unpaired) electrons. The Morgan fingerprint density at radius 3 is 2.59 bits per heavy atom. The Balaban J connectivity index is 2.32. The first-order valence-corrected chi connectivity index (χ1v) is 9.21. The van der Waals surface area contributed by atoms with Crippen molar-refractivity contribution in [2.24, 2.45) is 5.92 Å². The monoisotopic (exact) mass is 325 g/mol. The summed E-state index contributed by atoms with van der Waals surface area (Å²) in [5.74, 6) is 0.582. The van der Waals surface area contributed by atoms with E-state index in [-0.39, 0.29) is 11.4 Å². The van der Waals surface area contributed by atoms with Crippen LogP contribution < -0.4 is 10.6 Å². The minimum Gasteiger partial charge on any atom is -0.338 e. The van der Waals surface area contributed by atoms with Gasteiger partial charge in [0.2, 0.25) is 0 Å². The molecule has 0 spiro atoms. The van der Waals surface area contributed by atoms with E-state index < -0.39 is 0 Å². The Morgan fingerprint density at radius 2 is 2.05 bits per heavy atom. The van der Waals surface area contributed by atoms with Crippen LogP contribution in [0.5, 0.6) is 0 Å². The highest BCUT2D eigenvalue weighted by Crippen LogP contribution is 2.23. The highest BCUT2D eigenvalue weighted by Gasteiger charge is 2.17. The zero-order valence-corrected chi connectivity index (χ0v) is 15.5. The standard InChI is InChI=1S/C17H31N3OS/c1-6-8-9-13(7-2)10-18-16(21)19-11-15-20-14(12-22-15)17(3,4)5/h12-13H,6-11H2,1-5H3,(H2,18,19,21). The predicted molar refractivity (Wildman–Crippen MR) is 94.4 cm³/mol. The van der Waals surface area contributed by atoms with Gasteiger partial charge in [0.1, 0.15) is 5.01 Å². The summed E-state index contributed by atoms with van der Waals surface area (Å²) in [5, 5.41) is 8.91. The lowest BCUT2D eigenvalue weighted by atomic mass is 9.93. The van der Waals surface area contributed by atoms with Crippen LogP contribution in [0.15, 0.2) is 5.38 Å². The first kappa shape index (κ1) is 18.9. The molecule has 0 aromatic carbocycles. The summed E-state index contributed by atoms with van der Waals surface area (Å²) < 4.78 is 0. The van der Waals surface area contributed by atoms with E-state index >= 15 is 0 Å². The van der Waals surface area contributed by atoms with Crippen LogP contribution in [-0.4, -0.2) is 17.6 Å². The summed E-state index contributed by atoms with van der Waals surface area (Å²) in [7, 11) is 0. The van der Waals surface area contributed by atoms with Crippen LogP contribution in [0.2, 0.25) is 0 Å². The normalized spacial score (nSPS) is 13.0. The number of aromatic nitrogens is 1. The van der Waals surface area contributed by atoms with Crippen LogP contribution in [0.3, 0.4) is 0 Å². The number of amides is 2. The second kappa shape index (κ2) is 9.13. The lowest BCUT2D eigenvalue weighted by molar-refractivity contribution is 0.237. The van der Waals surface area contributed by atoms with E-state index in [1.54, 1.807) is 11.3 Å². The molecule has 0 bridgehead atoms. The Kier molecular flexibility index (Phi) is 7.87. The second-order valence-corrected chi connectivity index (χ2v) is 7.80. The van der Waals surface area contributed by atoms with E-state index in [2.05, 4.69) is 55.6 Å². The second-order valence-electron chi connectivity index (χ2n) is 6.86. The van der Waals surface area contributed by atoms with E-state index in [1.165, 1.54) is 19.3 Å². The SMILES string of the molecule is CCCCC(CC)CNC(=O)NCc1nc(C(C)(C)C)cs1. The maximum atomic E-state index is 11.9. The average molecular weight is 326 g/mol. The van der Waals surface area contributed by atoms with Crippen molar-refractivity contribution in [2.45, 2.75) is 72.3 Å². The van der Waals surface area contributed by atoms with Crippen molar-refractivity contribution in [1.29, 1.82) is 0 Å². The summed E-state index contributed by atoms with van der Waals surface area (Å²) in [4.78, 5) is 16.5. The third-order valence-corrected chi connectivity index (χ3v) is 4.66. The van der Waals surface area contributed by atoms with Gasteiger partial charge in [0, 0.05) is 17.3 Å². The molecule has 5 heteroatoms. The number of nitrogens with zero attached hydrogens (tertiary/aromatic N) is 1. The van der Waals surface area contributed by atoms with Gasteiger partial charge in [-0.3, -0.25) is 0 Å². The third kappa shape index (κ3) is 6.77. The Bertz CT molecular complexity index is 451. The van der Waals surface area contributed by atoms with Crippen LogP contribution in [-0.2, 0) is 12.0 Å². The van der Waals surface area contributed by atoms with Gasteiger partial charge < -0.3 is 10.6 Å². The van der Waals surface area contributed by atoms with Crippen molar-refractivity contribution in [2.75, 3.05) is 6.54 Å². The fourth-order valence-electron chi connectivity index (χ4n) is 2.14. The van der Waals surface area contributed by atoms with E-state index in [1.807, 2.05) is 0 Å². The molecule has 1 unspecified atom stereocenters. The first-order chi connectivity index (χ1) is 10.4. The number of unbranched alkanes of at least 4 members (excludes halogenated alkanes) is 1. The molecule has 0 saturated carbocycles. The molecule has 126 valence electrons. The summed E-state index contributed by atoms with van der Waals surface area (Å²) in [6, 6.07) is -0.0949. The van der Waals surface area contributed by atoms with Gasteiger partial charge in [-0.05, 0) is 12.3 Å². The van der Waals surface area contributed by atoms with Gasteiger partial charge in [-0.15, -0.1) is 11.3 Å². The predicted octanol–water partition coefficient (Wildman–Crippen LogP) is 4.46. The van der Waals surface area contributed by atoms with Gasteiger partial charge in [0.05, 0.1) is 12.2 Å². The molecule has 1 aromatic rings. The zero-order valence-electron chi connectivity index (χ0n) is 14.7. The van der Waals surface area contributed by atoms with Gasteiger partial charge in [0.15, 0.2) is 0 Å². The topological polar surface area (TPSA) is 54.0 Å². The highest BCUT2D eigenvalue weighted by atomic mass is 32.1. The highest BCUT2D eigenvalue weighted by molar-refractivity contribution is 7.09. The smallest absolute Gasteiger partial charge is 0.315 e. The molecular formula is C17H31N3OS. The van der Waals surface area contributed by atoms with Crippen LogP contribution in [0.4, 0.5) is 4.79 Å². The first-order valence-electron chi connectivity index (χ1n) is 8.33. The minimum atomic E-state index is -0.0949. The number of hydrogen-bond donors (Lipinski definition) is 2. The van der Waals surface area contributed by atoms with E-state index in [4.69, 9.17) is 0 Å². The average Bonchev–Trinajstić information content (AvgIpc) is 2.94. The summed E-state index contributed by atoms with van der Waals surface area (Å²) in [6.07, 6.45) is 4.75. The molecule has 4 nitrogen and oxygen atoms in total. The summed E-state index contributed by atoms with van der Waals surface area (Å²) >= 11 is 1.60. The van der Waals surface area contributed by atoms with Crippen LogP contribution >= 0.6 is 11.3 Å². The van der Waals surface area contributed by atoms with Crippen molar-refractivity contribution in [3.63, 3.8) is 0 Å². The molecule has 1 aromatic heterocycles. The number of carbonyl (C=O) groups is 1. The molecule has 2 N–H and O–H groups in total. The molecule has 1 heterocycles. The van der Waals surface area contributed by atoms with Gasteiger partial charge in [0.25, 0.3) is 0 Å². The minimum absolute atomic E-state index is 0.0602. The molecule has 2 amide bonds. The molecular weight excluding hydrogens is 294 g/mol. The number of nitrogens with one attached hydrogen (secondary N) is 2. The van der Waals surface area contributed by atoms with Crippen LogP contribution in [0, 0.1) is 5.92 Å². The van der Waals surface area contributed by atoms with E-state index in [0.29, 0.717) is 12.5 Å². The summed E-state index contributed by atoms with van der Waals surface area (Å²) in [6.45, 7) is 12.1. The molecule has 0 aliphatic rings. The zero-order chi connectivity index (χ0) is 16.6. The Hall–Kier alpha value is -1.10. The van der Waals surface area contributed by atoms with Crippen molar-refractivity contribution >= 4 is 17.4 Å². The molecule has 1 atom stereocenters. The Morgan fingerprint density at radius 1 is 1.32 bits per heavy atom. The van der Waals surface area contributed by atoms with Crippen molar-refractivity contribution in [3.05, 3.63) is 16.1 Å². The molecule has 1 rings (SSSR count). The fourth-order valence-corrected chi connectivity index (χ4v) is 3.10. The van der Waals surface area contributed by atoms with Gasteiger partial charge >= 0.3 is 6.03 Å². The van der Waals surface area contributed by atoms with Gasteiger partial charge in [-0.25, -0.2) is 9.78 Å². The van der Waals surface area contributed by atoms with Crippen molar-refractivity contribution < 1.29 is 4.79 Å². The van der Waals surface area contributed by atoms with Crippen LogP contribution in [0.1, 0.15) is 71.0 Å². The quantitative estimate of drug-likeness (QED) is 0.741. The molecule has 0 aliphatic carbocycles. The maximum absolute atomic E-state index is 11.9. The number of urea groups is 1. The molecule has 0 fully saturated rings.